The zero-order valence-corrected chi connectivity index (χ0v) is 10.6. The van der Waals surface area contributed by atoms with E-state index in [9.17, 15) is 4.79 Å². The molecule has 0 atom stereocenters. The fourth-order valence-corrected chi connectivity index (χ4v) is 1.76. The van der Waals surface area contributed by atoms with E-state index in [2.05, 4.69) is 22.8 Å². The summed E-state index contributed by atoms with van der Waals surface area (Å²) >= 11 is 4.39. The number of primary amides is 1. The van der Waals surface area contributed by atoms with Crippen LogP contribution in [-0.2, 0) is 6.54 Å². The molecule has 5 heteroatoms. The summed E-state index contributed by atoms with van der Waals surface area (Å²) in [7, 11) is 4.01. The molecule has 0 heterocycles. The lowest BCUT2D eigenvalue weighted by atomic mass is 10.1. The predicted molar refractivity (Wildman–Crippen MR) is 69.0 cm³/mol. The lowest BCUT2D eigenvalue weighted by Gasteiger charge is -2.15. The topological polar surface area (TPSA) is 58.4 Å². The predicted octanol–water partition coefficient (Wildman–Crippen LogP) is 1.84. The van der Waals surface area contributed by atoms with Crippen molar-refractivity contribution in [2.24, 2.45) is 5.73 Å². The van der Waals surface area contributed by atoms with Crippen LogP contribution in [0.15, 0.2) is 17.0 Å². The molecule has 1 rings (SSSR count). The third-order valence-electron chi connectivity index (χ3n) is 2.29. The summed E-state index contributed by atoms with van der Waals surface area (Å²) in [6, 6.07) is 3.22. The maximum absolute atomic E-state index is 10.8. The van der Waals surface area contributed by atoms with Crippen LogP contribution in [0.5, 0.6) is 0 Å². The molecule has 0 spiro atoms. The first-order valence-electron chi connectivity index (χ1n) is 4.94. The molecule has 0 bridgehead atoms. The second-order valence-electron chi connectivity index (χ2n) is 3.97. The number of benzene rings is 1. The molecule has 0 saturated carbocycles. The fourth-order valence-electron chi connectivity index (χ4n) is 1.49. The van der Waals surface area contributed by atoms with Crippen molar-refractivity contribution in [3.8, 4) is 0 Å². The average Bonchev–Trinajstić information content (AvgIpc) is 2.16. The number of nitrogens with two attached hydrogens (primary N) is 1. The van der Waals surface area contributed by atoms with Crippen molar-refractivity contribution in [2.45, 2.75) is 18.4 Å². The SMILES string of the molecule is Cc1c(CN(C)C)ccc(NC(N)=O)c1S. The molecule has 0 fully saturated rings. The Morgan fingerprint density at radius 1 is 1.50 bits per heavy atom. The Hall–Kier alpha value is -1.20. The van der Waals surface area contributed by atoms with E-state index < -0.39 is 6.03 Å². The van der Waals surface area contributed by atoms with Crippen LogP contribution in [0.4, 0.5) is 10.5 Å². The highest BCUT2D eigenvalue weighted by Crippen LogP contribution is 2.26. The van der Waals surface area contributed by atoms with E-state index in [0.717, 1.165) is 17.0 Å². The minimum Gasteiger partial charge on any atom is -0.351 e. The van der Waals surface area contributed by atoms with Crippen molar-refractivity contribution in [2.75, 3.05) is 19.4 Å². The Morgan fingerprint density at radius 2 is 2.12 bits per heavy atom. The molecule has 0 saturated heterocycles. The molecular weight excluding hydrogens is 222 g/mol. The Balaban J connectivity index is 3.03. The third kappa shape index (κ3) is 3.15. The second-order valence-corrected chi connectivity index (χ2v) is 4.42. The van der Waals surface area contributed by atoms with Crippen LogP contribution in [-0.4, -0.2) is 25.0 Å². The molecule has 0 aliphatic rings. The van der Waals surface area contributed by atoms with Gasteiger partial charge in [0.1, 0.15) is 0 Å². The maximum atomic E-state index is 10.8. The van der Waals surface area contributed by atoms with E-state index >= 15 is 0 Å². The normalized spacial score (nSPS) is 10.6. The van der Waals surface area contributed by atoms with Gasteiger partial charge in [0.25, 0.3) is 0 Å². The van der Waals surface area contributed by atoms with Gasteiger partial charge < -0.3 is 16.0 Å². The lowest BCUT2D eigenvalue weighted by Crippen LogP contribution is -2.20. The average molecular weight is 239 g/mol. The van der Waals surface area contributed by atoms with Crippen molar-refractivity contribution in [1.82, 2.24) is 4.90 Å². The number of rotatable bonds is 3. The molecule has 0 unspecified atom stereocenters. The summed E-state index contributed by atoms with van der Waals surface area (Å²) in [5.74, 6) is 0. The largest absolute Gasteiger partial charge is 0.351 e. The fraction of sp³-hybridized carbons (Fsp3) is 0.364. The number of thiol groups is 1. The van der Waals surface area contributed by atoms with Crippen LogP contribution in [0, 0.1) is 6.92 Å². The molecule has 16 heavy (non-hydrogen) atoms. The minimum absolute atomic E-state index is 0.574. The monoisotopic (exact) mass is 239 g/mol. The summed E-state index contributed by atoms with van der Waals surface area (Å²) in [5, 5.41) is 2.54. The van der Waals surface area contributed by atoms with Gasteiger partial charge in [0, 0.05) is 11.4 Å². The number of urea groups is 1. The Labute approximate surface area is 101 Å². The number of hydrogen-bond acceptors (Lipinski definition) is 3. The van der Waals surface area contributed by atoms with Crippen molar-refractivity contribution >= 4 is 24.3 Å². The minimum atomic E-state index is -0.574. The maximum Gasteiger partial charge on any atom is 0.316 e. The van der Waals surface area contributed by atoms with Crippen molar-refractivity contribution < 1.29 is 4.79 Å². The van der Waals surface area contributed by atoms with Crippen LogP contribution in [0.2, 0.25) is 0 Å². The highest BCUT2D eigenvalue weighted by Gasteiger charge is 2.08. The summed E-state index contributed by atoms with van der Waals surface area (Å²) in [4.78, 5) is 13.6. The number of hydrogen-bond donors (Lipinski definition) is 3. The summed E-state index contributed by atoms with van der Waals surface area (Å²) < 4.78 is 0. The van der Waals surface area contributed by atoms with Gasteiger partial charge in [-0.3, -0.25) is 0 Å². The molecule has 0 radical (unpaired) electrons. The number of nitrogens with zero attached hydrogens (tertiary/aromatic N) is 1. The molecule has 1 aromatic carbocycles. The molecule has 88 valence electrons. The smallest absolute Gasteiger partial charge is 0.316 e. The summed E-state index contributed by atoms with van der Waals surface area (Å²) in [6.45, 7) is 2.82. The molecule has 1 aromatic rings. The van der Waals surface area contributed by atoms with Gasteiger partial charge in [-0.1, -0.05) is 6.07 Å². The molecule has 0 aliphatic heterocycles. The van der Waals surface area contributed by atoms with Crippen LogP contribution >= 0.6 is 12.6 Å². The van der Waals surface area contributed by atoms with Gasteiger partial charge in [0.15, 0.2) is 0 Å². The highest BCUT2D eigenvalue weighted by atomic mass is 32.1. The van der Waals surface area contributed by atoms with E-state index in [1.54, 1.807) is 0 Å². The van der Waals surface area contributed by atoms with E-state index in [-0.39, 0.29) is 0 Å². The Kier molecular flexibility index (Phi) is 4.20. The van der Waals surface area contributed by atoms with Gasteiger partial charge in [-0.2, -0.15) is 0 Å². The quantitative estimate of drug-likeness (QED) is 0.705. The van der Waals surface area contributed by atoms with E-state index in [1.165, 1.54) is 5.56 Å². The molecule has 0 aliphatic carbocycles. The second kappa shape index (κ2) is 5.23. The number of nitrogens with one attached hydrogen (secondary N) is 1. The van der Waals surface area contributed by atoms with Gasteiger partial charge in [-0.25, -0.2) is 4.79 Å². The highest BCUT2D eigenvalue weighted by molar-refractivity contribution is 7.80. The van der Waals surface area contributed by atoms with Gasteiger partial charge in [-0.05, 0) is 38.2 Å². The first-order chi connectivity index (χ1) is 7.41. The number of anilines is 1. The van der Waals surface area contributed by atoms with Gasteiger partial charge >= 0.3 is 6.03 Å². The zero-order valence-electron chi connectivity index (χ0n) is 9.74. The molecule has 3 N–H and O–H groups in total. The van der Waals surface area contributed by atoms with Crippen molar-refractivity contribution in [3.63, 3.8) is 0 Å². The summed E-state index contributed by atoms with van der Waals surface area (Å²) in [6.07, 6.45) is 0. The van der Waals surface area contributed by atoms with Gasteiger partial charge in [0.2, 0.25) is 0 Å². The zero-order chi connectivity index (χ0) is 12.3. The third-order valence-corrected chi connectivity index (χ3v) is 2.86. The summed E-state index contributed by atoms with van der Waals surface area (Å²) in [5.41, 5.74) is 7.96. The van der Waals surface area contributed by atoms with Crippen LogP contribution in [0.3, 0.4) is 0 Å². The van der Waals surface area contributed by atoms with E-state index in [1.807, 2.05) is 33.2 Å². The molecular formula is C11H17N3OS. The first-order valence-corrected chi connectivity index (χ1v) is 5.39. The van der Waals surface area contributed by atoms with Gasteiger partial charge in [-0.15, -0.1) is 12.6 Å². The number of carbonyl (C=O) groups excluding carboxylic acids is 1. The molecule has 0 aromatic heterocycles. The first kappa shape index (κ1) is 12.9. The molecule has 4 nitrogen and oxygen atoms in total. The van der Waals surface area contributed by atoms with Crippen LogP contribution < -0.4 is 11.1 Å². The van der Waals surface area contributed by atoms with Crippen molar-refractivity contribution in [1.29, 1.82) is 0 Å². The Bertz CT molecular complexity index is 404. The lowest BCUT2D eigenvalue weighted by molar-refractivity contribution is 0.259. The van der Waals surface area contributed by atoms with Crippen LogP contribution in [0.1, 0.15) is 11.1 Å². The standard InChI is InChI=1S/C11H17N3OS/c1-7-8(6-14(2)3)4-5-9(10(7)16)13-11(12)15/h4-5,16H,6H2,1-3H3,(H3,12,13,15). The number of amides is 2. The Morgan fingerprint density at radius 3 is 2.62 bits per heavy atom. The van der Waals surface area contributed by atoms with Crippen molar-refractivity contribution in [3.05, 3.63) is 23.3 Å². The number of carbonyl (C=O) groups is 1. The molecule has 2 amide bonds. The van der Waals surface area contributed by atoms with Gasteiger partial charge in [0.05, 0.1) is 5.69 Å². The van der Waals surface area contributed by atoms with Crippen LogP contribution in [0.25, 0.3) is 0 Å². The van der Waals surface area contributed by atoms with E-state index in [4.69, 9.17) is 5.73 Å². The van der Waals surface area contributed by atoms with E-state index in [0.29, 0.717) is 5.69 Å².